The summed E-state index contributed by atoms with van der Waals surface area (Å²) in [5, 5.41) is 2.15. The van der Waals surface area contributed by atoms with Crippen molar-refractivity contribution in [3.63, 3.8) is 0 Å². The molecule has 2 rings (SSSR count). The highest BCUT2D eigenvalue weighted by Crippen LogP contribution is 2.28. The summed E-state index contributed by atoms with van der Waals surface area (Å²) in [6.07, 6.45) is 0. The molecule has 1 heterocycles. The predicted octanol–water partition coefficient (Wildman–Crippen LogP) is -1.17. The van der Waals surface area contributed by atoms with Crippen LogP contribution in [-0.4, -0.2) is 76.8 Å². The number of anilines is 1. The highest BCUT2D eigenvalue weighted by Gasteiger charge is 2.23. The average molecular weight is 351 g/mol. The minimum Gasteiger partial charge on any atom is -0.495 e. The van der Waals surface area contributed by atoms with Crippen LogP contribution in [0.4, 0.5) is 5.69 Å². The monoisotopic (exact) mass is 350 g/mol. The molecule has 1 amide bonds. The fraction of sp³-hybridized carbons (Fsp3) is 0.632. The normalized spacial score (nSPS) is 14.9. The van der Waals surface area contributed by atoms with Crippen LogP contribution in [0.3, 0.4) is 0 Å². The van der Waals surface area contributed by atoms with Crippen LogP contribution in [0.15, 0.2) is 24.3 Å². The van der Waals surface area contributed by atoms with E-state index >= 15 is 0 Å². The summed E-state index contributed by atoms with van der Waals surface area (Å²) < 4.78 is 5.45. The summed E-state index contributed by atoms with van der Waals surface area (Å²) in [7, 11) is 1.70. The molecule has 25 heavy (non-hydrogen) atoms. The van der Waals surface area contributed by atoms with E-state index in [9.17, 15) is 4.79 Å². The summed E-state index contributed by atoms with van der Waals surface area (Å²) in [4.78, 5) is 18.3. The van der Waals surface area contributed by atoms with Crippen molar-refractivity contribution in [2.24, 2.45) is 0 Å². The first-order chi connectivity index (χ1) is 12.2. The Labute approximate surface area is 151 Å². The quantitative estimate of drug-likeness (QED) is 0.552. The predicted molar refractivity (Wildman–Crippen MR) is 100 cm³/mol. The third-order valence-electron chi connectivity index (χ3n) is 5.08. The Morgan fingerprint density at radius 1 is 1.16 bits per heavy atom. The Kier molecular flexibility index (Phi) is 8.01. The zero-order valence-corrected chi connectivity index (χ0v) is 16.0. The highest BCUT2D eigenvalue weighted by molar-refractivity contribution is 5.77. The zero-order chi connectivity index (χ0) is 18.1. The van der Waals surface area contributed by atoms with Gasteiger partial charge in [-0.2, -0.15) is 0 Å². The van der Waals surface area contributed by atoms with Gasteiger partial charge in [0.05, 0.1) is 25.9 Å². The third-order valence-corrected chi connectivity index (χ3v) is 5.08. The Hall–Kier alpha value is -1.79. The van der Waals surface area contributed by atoms with Crippen molar-refractivity contribution in [3.05, 3.63) is 24.3 Å². The molecular formula is C19H34N4O2+2. The van der Waals surface area contributed by atoms with E-state index in [-0.39, 0.29) is 5.91 Å². The standard InChI is InChI=1S/C19H32N4O2/c1-4-21(5-2)11-10-20-16-19(24)23-14-12-22(13-15-23)17-8-6-7-9-18(17)25-3/h6-9,20H,4-5,10-16H2,1-3H3/p+2. The second-order valence-corrected chi connectivity index (χ2v) is 6.53. The number of benzene rings is 1. The molecule has 0 bridgehead atoms. The Bertz CT molecular complexity index is 526. The van der Waals surface area contributed by atoms with Crippen molar-refractivity contribution < 1.29 is 19.7 Å². The van der Waals surface area contributed by atoms with Gasteiger partial charge >= 0.3 is 0 Å². The molecule has 1 fully saturated rings. The number of amides is 1. The number of carbonyl (C=O) groups excluding carboxylic acids is 1. The van der Waals surface area contributed by atoms with Crippen LogP contribution in [0.1, 0.15) is 13.8 Å². The van der Waals surface area contributed by atoms with E-state index in [1.54, 1.807) is 12.0 Å². The summed E-state index contributed by atoms with van der Waals surface area (Å²) >= 11 is 0. The second-order valence-electron chi connectivity index (χ2n) is 6.53. The lowest BCUT2D eigenvalue weighted by atomic mass is 10.2. The van der Waals surface area contributed by atoms with Crippen molar-refractivity contribution in [1.29, 1.82) is 0 Å². The fourth-order valence-corrected chi connectivity index (χ4v) is 3.35. The van der Waals surface area contributed by atoms with Crippen molar-refractivity contribution >= 4 is 11.6 Å². The van der Waals surface area contributed by atoms with Gasteiger partial charge in [0.2, 0.25) is 0 Å². The van der Waals surface area contributed by atoms with Crippen LogP contribution < -0.4 is 19.9 Å². The number of nitrogens with two attached hydrogens (primary N) is 1. The minimum atomic E-state index is 0.259. The SMILES string of the molecule is CC[NH+](CC)CC[NH2+]CC(=O)N1CCN(c2ccccc2OC)CC1. The molecule has 1 aliphatic rings. The second kappa shape index (κ2) is 10.3. The van der Waals surface area contributed by atoms with E-state index < -0.39 is 0 Å². The zero-order valence-electron chi connectivity index (χ0n) is 16.0. The number of nitrogens with one attached hydrogen (secondary N) is 1. The van der Waals surface area contributed by atoms with Gasteiger partial charge in [-0.05, 0) is 26.0 Å². The van der Waals surface area contributed by atoms with Crippen LogP contribution in [0.25, 0.3) is 0 Å². The number of hydrogen-bond donors (Lipinski definition) is 2. The lowest BCUT2D eigenvalue weighted by molar-refractivity contribution is -0.908. The molecule has 0 spiro atoms. The first-order valence-corrected chi connectivity index (χ1v) is 9.50. The van der Waals surface area contributed by atoms with Crippen LogP contribution in [-0.2, 0) is 4.79 Å². The number of methoxy groups -OCH3 is 1. The van der Waals surface area contributed by atoms with Gasteiger partial charge in [0.1, 0.15) is 18.8 Å². The molecule has 0 saturated carbocycles. The van der Waals surface area contributed by atoms with Gasteiger partial charge < -0.3 is 24.8 Å². The number of piperazine rings is 1. The summed E-state index contributed by atoms with van der Waals surface area (Å²) in [6.45, 7) is 12.7. The number of quaternary nitrogens is 2. The van der Waals surface area contributed by atoms with E-state index in [4.69, 9.17) is 4.74 Å². The maximum absolute atomic E-state index is 12.4. The number of carbonyl (C=O) groups is 1. The maximum Gasteiger partial charge on any atom is 0.277 e. The molecule has 1 saturated heterocycles. The topological polar surface area (TPSA) is 53.8 Å². The number of para-hydroxylation sites is 2. The Morgan fingerprint density at radius 2 is 1.84 bits per heavy atom. The molecule has 140 valence electrons. The summed E-state index contributed by atoms with van der Waals surface area (Å²) in [5.41, 5.74) is 1.12. The lowest BCUT2D eigenvalue weighted by Gasteiger charge is -2.36. The molecule has 3 N–H and O–H groups in total. The molecule has 1 aromatic rings. The number of likely N-dealkylation sites (N-methyl/N-ethyl adjacent to an activating group) is 1. The van der Waals surface area contributed by atoms with E-state index in [0.29, 0.717) is 6.54 Å². The third kappa shape index (κ3) is 5.61. The molecule has 0 aliphatic carbocycles. The van der Waals surface area contributed by atoms with Crippen molar-refractivity contribution in [2.75, 3.05) is 70.9 Å². The van der Waals surface area contributed by atoms with E-state index in [2.05, 4.69) is 30.1 Å². The smallest absolute Gasteiger partial charge is 0.277 e. The van der Waals surface area contributed by atoms with Gasteiger partial charge in [0.25, 0.3) is 5.91 Å². The Morgan fingerprint density at radius 3 is 2.48 bits per heavy atom. The van der Waals surface area contributed by atoms with E-state index in [0.717, 1.165) is 63.8 Å². The van der Waals surface area contributed by atoms with Gasteiger partial charge in [-0.1, -0.05) is 12.1 Å². The van der Waals surface area contributed by atoms with Gasteiger partial charge in [0.15, 0.2) is 6.54 Å². The average Bonchev–Trinajstić information content (AvgIpc) is 2.68. The van der Waals surface area contributed by atoms with Crippen molar-refractivity contribution in [2.45, 2.75) is 13.8 Å². The Balaban J connectivity index is 1.73. The lowest BCUT2D eigenvalue weighted by Crippen LogP contribution is -3.14. The molecule has 0 unspecified atom stereocenters. The largest absolute Gasteiger partial charge is 0.495 e. The van der Waals surface area contributed by atoms with Gasteiger partial charge in [-0.3, -0.25) is 4.79 Å². The minimum absolute atomic E-state index is 0.259. The highest BCUT2D eigenvalue weighted by atomic mass is 16.5. The molecule has 0 atom stereocenters. The summed E-state index contributed by atoms with van der Waals surface area (Å²) in [5.74, 6) is 1.16. The van der Waals surface area contributed by atoms with E-state index in [1.165, 1.54) is 0 Å². The molecule has 1 aliphatic heterocycles. The van der Waals surface area contributed by atoms with Crippen LogP contribution in [0.2, 0.25) is 0 Å². The molecule has 6 heteroatoms. The molecule has 6 nitrogen and oxygen atoms in total. The number of rotatable bonds is 9. The number of hydrogen-bond acceptors (Lipinski definition) is 3. The molecule has 1 aromatic carbocycles. The van der Waals surface area contributed by atoms with E-state index in [1.807, 2.05) is 23.1 Å². The maximum atomic E-state index is 12.4. The van der Waals surface area contributed by atoms with Gasteiger partial charge in [-0.25, -0.2) is 0 Å². The first kappa shape index (κ1) is 19.5. The van der Waals surface area contributed by atoms with Crippen LogP contribution >= 0.6 is 0 Å². The van der Waals surface area contributed by atoms with Gasteiger partial charge in [-0.15, -0.1) is 0 Å². The first-order valence-electron chi connectivity index (χ1n) is 9.50. The molecule has 0 aromatic heterocycles. The molecule has 0 radical (unpaired) electrons. The van der Waals surface area contributed by atoms with Crippen LogP contribution in [0, 0.1) is 0 Å². The summed E-state index contributed by atoms with van der Waals surface area (Å²) in [6, 6.07) is 8.08. The number of nitrogens with zero attached hydrogens (tertiary/aromatic N) is 2. The van der Waals surface area contributed by atoms with Crippen LogP contribution in [0.5, 0.6) is 5.75 Å². The number of ether oxygens (including phenoxy) is 1. The fourth-order valence-electron chi connectivity index (χ4n) is 3.35. The van der Waals surface area contributed by atoms with Gasteiger partial charge in [0, 0.05) is 26.2 Å². The molecular weight excluding hydrogens is 316 g/mol. The van der Waals surface area contributed by atoms with Crippen molar-refractivity contribution in [1.82, 2.24) is 4.90 Å². The van der Waals surface area contributed by atoms with Crippen molar-refractivity contribution in [3.8, 4) is 5.75 Å².